The Hall–Kier alpha value is -0.750. The van der Waals surface area contributed by atoms with Crippen LogP contribution in [-0.2, 0) is 30.1 Å². The van der Waals surface area contributed by atoms with Gasteiger partial charge in [-0.25, -0.2) is 8.42 Å². The van der Waals surface area contributed by atoms with Crippen molar-refractivity contribution in [2.75, 3.05) is 0 Å². The van der Waals surface area contributed by atoms with Crippen LogP contribution in [0.5, 0.6) is 0 Å². The molecule has 0 aliphatic carbocycles. The molecule has 1 rings (SSSR count). The van der Waals surface area contributed by atoms with E-state index in [4.69, 9.17) is 9.11 Å². The largest absolute Gasteiger partial charge is 0.307 e. The van der Waals surface area contributed by atoms with Gasteiger partial charge in [-0.1, -0.05) is 0 Å². The van der Waals surface area contributed by atoms with Crippen molar-refractivity contribution in [1.82, 2.24) is 0 Å². The topological polar surface area (TPSA) is 143 Å². The number of hydrogen-bond acceptors (Lipinski definition) is 6. The first-order valence-corrected chi connectivity index (χ1v) is 7.51. The van der Waals surface area contributed by atoms with Crippen molar-refractivity contribution in [2.45, 2.75) is 0 Å². The first kappa shape index (κ1) is 12.3. The molecule has 0 unspecified atom stereocenters. The summed E-state index contributed by atoms with van der Waals surface area (Å²) >= 11 is 0. The van der Waals surface area contributed by atoms with Crippen molar-refractivity contribution < 1.29 is 34.4 Å². The van der Waals surface area contributed by atoms with E-state index in [1.54, 1.807) is 0 Å². The Morgan fingerprint density at radius 1 is 1.00 bits per heavy atom. The van der Waals surface area contributed by atoms with Crippen LogP contribution in [0.1, 0.15) is 0 Å². The van der Waals surface area contributed by atoms with E-state index < -0.39 is 39.2 Å². The fraction of sp³-hybridized carbons (Fsp3) is 0. The van der Waals surface area contributed by atoms with Crippen molar-refractivity contribution in [2.24, 2.45) is 0 Å². The van der Waals surface area contributed by atoms with Gasteiger partial charge in [0.25, 0.3) is 10.1 Å². The maximum absolute atomic E-state index is 11.0. The molecule has 2 N–H and O–H groups in total. The lowest BCUT2D eigenvalue weighted by atomic mass is 10.6. The standard InChI is InChI=1S/C4H4O8S3/c5-13(6)2-1-3(14(7,8)9)4(13)15(10,11)12/h1-2H,(H,7,8,9)(H,10,11,12). The summed E-state index contributed by atoms with van der Waals surface area (Å²) in [5.41, 5.74) is 0. The molecule has 86 valence electrons. The molecule has 0 aromatic carbocycles. The summed E-state index contributed by atoms with van der Waals surface area (Å²) in [7, 11) is -14.8. The second-order valence-corrected chi connectivity index (χ2v) is 7.23. The van der Waals surface area contributed by atoms with Gasteiger partial charge in [0.05, 0.1) is 0 Å². The Morgan fingerprint density at radius 3 is 1.73 bits per heavy atom. The lowest BCUT2D eigenvalue weighted by Gasteiger charge is -1.99. The molecule has 0 fully saturated rings. The van der Waals surface area contributed by atoms with Gasteiger partial charge in [-0.15, -0.1) is 0 Å². The Morgan fingerprint density at radius 2 is 1.47 bits per heavy atom. The first-order valence-electron chi connectivity index (χ1n) is 3.09. The van der Waals surface area contributed by atoms with Crippen LogP contribution >= 0.6 is 0 Å². The number of sulfone groups is 1. The SMILES string of the molecule is O=S(=O)(O)C1=C(S(=O)(=O)O)S(=O)(=O)C=C1. The molecular formula is C4H4O8S3. The third kappa shape index (κ3) is 2.26. The summed E-state index contributed by atoms with van der Waals surface area (Å²) in [5, 5.41) is 0.249. The van der Waals surface area contributed by atoms with E-state index in [0.717, 1.165) is 0 Å². The van der Waals surface area contributed by atoms with Gasteiger partial charge in [0.1, 0.15) is 4.91 Å². The van der Waals surface area contributed by atoms with E-state index in [1.807, 2.05) is 0 Å². The maximum atomic E-state index is 11.0. The van der Waals surface area contributed by atoms with Crippen molar-refractivity contribution >= 4 is 30.1 Å². The fourth-order valence-electron chi connectivity index (χ4n) is 0.887. The van der Waals surface area contributed by atoms with Crippen molar-refractivity contribution in [3.05, 3.63) is 20.6 Å². The van der Waals surface area contributed by atoms with Crippen molar-refractivity contribution in [3.8, 4) is 0 Å². The molecule has 1 heterocycles. The van der Waals surface area contributed by atoms with Crippen LogP contribution in [0.4, 0.5) is 0 Å². The normalized spacial score (nSPS) is 20.9. The lowest BCUT2D eigenvalue weighted by Crippen LogP contribution is -2.13. The van der Waals surface area contributed by atoms with Gasteiger partial charge in [0.2, 0.25) is 14.1 Å². The van der Waals surface area contributed by atoms with E-state index in [0.29, 0.717) is 6.08 Å². The third-order valence-electron chi connectivity index (χ3n) is 1.37. The minimum Gasteiger partial charge on any atom is -0.282 e. The minimum absolute atomic E-state index is 0.249. The predicted molar refractivity (Wildman–Crippen MR) is 48.2 cm³/mol. The fourth-order valence-corrected chi connectivity index (χ4v) is 5.17. The molecule has 0 bridgehead atoms. The molecule has 11 heteroatoms. The molecule has 0 atom stereocenters. The molecular weight excluding hydrogens is 272 g/mol. The van der Waals surface area contributed by atoms with E-state index in [2.05, 4.69) is 0 Å². The van der Waals surface area contributed by atoms with Crippen LogP contribution in [0.2, 0.25) is 0 Å². The van der Waals surface area contributed by atoms with Crippen LogP contribution in [0.25, 0.3) is 0 Å². The molecule has 8 nitrogen and oxygen atoms in total. The highest BCUT2D eigenvalue weighted by Gasteiger charge is 2.39. The van der Waals surface area contributed by atoms with Crippen molar-refractivity contribution in [3.63, 3.8) is 0 Å². The van der Waals surface area contributed by atoms with Gasteiger partial charge in [0.15, 0.2) is 0 Å². The van der Waals surface area contributed by atoms with Gasteiger partial charge in [0, 0.05) is 5.41 Å². The first-order chi connectivity index (χ1) is 6.46. The van der Waals surface area contributed by atoms with Gasteiger partial charge in [-0.3, -0.25) is 9.11 Å². The molecule has 0 aromatic heterocycles. The predicted octanol–water partition coefficient (Wildman–Crippen LogP) is -1.13. The zero-order valence-corrected chi connectivity index (χ0v) is 9.17. The summed E-state index contributed by atoms with van der Waals surface area (Å²) in [6.07, 6.45) is 0.369. The minimum atomic E-state index is -5.25. The zero-order chi connectivity index (χ0) is 12.1. The lowest BCUT2D eigenvalue weighted by molar-refractivity contribution is 0.485. The number of allylic oxidation sites excluding steroid dienone is 1. The molecule has 1 aliphatic rings. The van der Waals surface area contributed by atoms with Gasteiger partial charge < -0.3 is 0 Å². The van der Waals surface area contributed by atoms with E-state index in [9.17, 15) is 25.3 Å². The Kier molecular flexibility index (Phi) is 2.56. The van der Waals surface area contributed by atoms with E-state index in [1.165, 1.54) is 0 Å². The van der Waals surface area contributed by atoms with Gasteiger partial charge in [-0.2, -0.15) is 16.8 Å². The average Bonchev–Trinajstić information content (AvgIpc) is 2.21. The van der Waals surface area contributed by atoms with Crippen LogP contribution in [0.3, 0.4) is 0 Å². The number of rotatable bonds is 2. The maximum Gasteiger partial charge on any atom is 0.307 e. The van der Waals surface area contributed by atoms with Crippen LogP contribution in [-0.4, -0.2) is 34.4 Å². The van der Waals surface area contributed by atoms with Crippen LogP contribution in [0.15, 0.2) is 20.6 Å². The second-order valence-electron chi connectivity index (χ2n) is 2.45. The highest BCUT2D eigenvalue weighted by Crippen LogP contribution is 2.29. The molecule has 1 aliphatic heterocycles. The summed E-state index contributed by atoms with van der Waals surface area (Å²) in [6.45, 7) is 0. The molecule has 0 amide bonds. The zero-order valence-electron chi connectivity index (χ0n) is 6.72. The van der Waals surface area contributed by atoms with Gasteiger partial charge in [-0.05, 0) is 6.08 Å². The average molecular weight is 276 g/mol. The highest BCUT2D eigenvalue weighted by atomic mass is 32.3. The molecule has 0 aromatic rings. The van der Waals surface area contributed by atoms with Crippen LogP contribution < -0.4 is 0 Å². The highest BCUT2D eigenvalue weighted by molar-refractivity contribution is 8.14. The van der Waals surface area contributed by atoms with E-state index in [-0.39, 0.29) is 5.41 Å². The quantitative estimate of drug-likeness (QED) is 0.603. The molecule has 0 saturated heterocycles. The molecule has 15 heavy (non-hydrogen) atoms. The Bertz CT molecular complexity index is 655. The number of hydrogen-bond donors (Lipinski definition) is 2. The molecule has 0 spiro atoms. The molecule has 0 saturated carbocycles. The molecule has 0 radical (unpaired) electrons. The second kappa shape index (κ2) is 3.12. The summed E-state index contributed by atoms with van der Waals surface area (Å²) in [6, 6.07) is 0. The summed E-state index contributed by atoms with van der Waals surface area (Å²) in [5.74, 6) is 0. The summed E-state index contributed by atoms with van der Waals surface area (Å²) < 4.78 is 79.7. The third-order valence-corrected chi connectivity index (χ3v) is 5.77. The van der Waals surface area contributed by atoms with Crippen LogP contribution in [0, 0.1) is 0 Å². The summed E-state index contributed by atoms with van der Waals surface area (Å²) in [4.78, 5) is -1.37. The monoisotopic (exact) mass is 276 g/mol. The Labute approximate surface area is 85.3 Å². The van der Waals surface area contributed by atoms with E-state index >= 15 is 0 Å². The smallest absolute Gasteiger partial charge is 0.282 e. The van der Waals surface area contributed by atoms with Crippen molar-refractivity contribution in [1.29, 1.82) is 0 Å². The van der Waals surface area contributed by atoms with Gasteiger partial charge >= 0.3 is 10.1 Å². The Balaban J connectivity index is 3.83.